The van der Waals surface area contributed by atoms with Gasteiger partial charge >= 0.3 is 0 Å². The molecule has 23 heavy (non-hydrogen) atoms. The molecule has 1 rings (SSSR count). The van der Waals surface area contributed by atoms with Gasteiger partial charge in [0, 0.05) is 37.2 Å². The maximum Gasteiger partial charge on any atom is 0.191 e. The number of guanidine groups is 1. The van der Waals surface area contributed by atoms with Crippen LogP contribution in [-0.2, 0) is 10.2 Å². The first kappa shape index (κ1) is 22.4. The Bertz CT molecular complexity index is 526. The average molecular weight is 458 g/mol. The Labute approximate surface area is 160 Å². The predicted molar refractivity (Wildman–Crippen MR) is 106 cm³/mol. The molecule has 1 aromatic carbocycles. The highest BCUT2D eigenvalue weighted by molar-refractivity contribution is 14.0. The molecule has 0 aliphatic heterocycles. The fraction of sp³-hybridized carbons (Fsp3) is 0.562. The van der Waals surface area contributed by atoms with Gasteiger partial charge in [0.1, 0.15) is 5.82 Å². The second-order valence-electron chi connectivity index (χ2n) is 5.93. The van der Waals surface area contributed by atoms with Gasteiger partial charge in [-0.2, -0.15) is 0 Å². The lowest BCUT2D eigenvalue weighted by Gasteiger charge is -2.28. The minimum absolute atomic E-state index is 0. The van der Waals surface area contributed by atoms with Crippen LogP contribution in [-0.4, -0.2) is 39.3 Å². The highest BCUT2D eigenvalue weighted by Gasteiger charge is 2.24. The van der Waals surface area contributed by atoms with E-state index in [1.807, 2.05) is 20.8 Å². The van der Waals surface area contributed by atoms with Crippen molar-refractivity contribution in [2.75, 3.05) is 27.3 Å². The molecule has 0 spiro atoms. The van der Waals surface area contributed by atoms with Crippen LogP contribution in [0.5, 0.6) is 0 Å². The van der Waals surface area contributed by atoms with Gasteiger partial charge in [-0.1, -0.05) is 31.5 Å². The average Bonchev–Trinajstić information content (AvgIpc) is 2.43. The normalized spacial score (nSPS) is 13.3. The molecule has 0 aliphatic rings. The summed E-state index contributed by atoms with van der Waals surface area (Å²) in [5, 5.41) is 6.94. The van der Waals surface area contributed by atoms with Crippen LogP contribution in [0.2, 0.25) is 5.02 Å². The number of nitrogens with zero attached hydrogens (tertiary/aromatic N) is 1. The number of nitrogens with one attached hydrogen (secondary N) is 2. The summed E-state index contributed by atoms with van der Waals surface area (Å²) in [7, 11) is 3.38. The summed E-state index contributed by atoms with van der Waals surface area (Å²) < 4.78 is 18.3. The van der Waals surface area contributed by atoms with Crippen molar-refractivity contribution in [1.82, 2.24) is 10.6 Å². The fourth-order valence-electron chi connectivity index (χ4n) is 2.16. The van der Waals surface area contributed by atoms with Crippen molar-refractivity contribution in [3.05, 3.63) is 34.6 Å². The molecule has 0 saturated heterocycles. The van der Waals surface area contributed by atoms with E-state index in [0.717, 1.165) is 5.56 Å². The minimum Gasteiger partial charge on any atom is -0.383 e. The topological polar surface area (TPSA) is 45.7 Å². The zero-order chi connectivity index (χ0) is 16.8. The molecular formula is C16H26ClFIN3O. The van der Waals surface area contributed by atoms with Crippen molar-refractivity contribution in [3.63, 3.8) is 0 Å². The predicted octanol–water partition coefficient (Wildman–Crippen LogP) is 3.57. The number of rotatable bonds is 6. The number of halogens is 3. The Morgan fingerprint density at radius 3 is 2.61 bits per heavy atom. The number of benzene rings is 1. The molecular weight excluding hydrogens is 432 g/mol. The molecule has 1 aromatic rings. The van der Waals surface area contributed by atoms with Crippen molar-refractivity contribution in [2.45, 2.75) is 32.2 Å². The van der Waals surface area contributed by atoms with Crippen molar-refractivity contribution in [3.8, 4) is 0 Å². The van der Waals surface area contributed by atoms with Gasteiger partial charge in [-0.3, -0.25) is 4.99 Å². The largest absolute Gasteiger partial charge is 0.383 e. The molecule has 0 radical (unpaired) electrons. The standard InChI is InChI=1S/C16H25ClFN3O.HI/c1-11(9-22-5)21-15(19-4)20-10-16(2,3)13-7-6-12(18)8-14(13)17;/h6-8,11H,9-10H2,1-5H3,(H2,19,20,21);1H. The molecule has 4 nitrogen and oxygen atoms in total. The molecule has 0 heterocycles. The number of hydrogen-bond acceptors (Lipinski definition) is 2. The molecule has 1 atom stereocenters. The molecule has 0 amide bonds. The van der Waals surface area contributed by atoms with Crippen molar-refractivity contribution in [1.29, 1.82) is 0 Å². The number of methoxy groups -OCH3 is 1. The van der Waals surface area contributed by atoms with E-state index in [4.69, 9.17) is 16.3 Å². The third-order valence-corrected chi connectivity index (χ3v) is 3.69. The van der Waals surface area contributed by atoms with Crippen molar-refractivity contribution < 1.29 is 9.13 Å². The Morgan fingerprint density at radius 1 is 1.43 bits per heavy atom. The fourth-order valence-corrected chi connectivity index (χ4v) is 2.58. The van der Waals surface area contributed by atoms with Gasteiger partial charge in [0.15, 0.2) is 5.96 Å². The maximum atomic E-state index is 13.2. The van der Waals surface area contributed by atoms with Gasteiger partial charge in [0.05, 0.1) is 6.61 Å². The summed E-state index contributed by atoms with van der Waals surface area (Å²) in [6.07, 6.45) is 0. The summed E-state index contributed by atoms with van der Waals surface area (Å²) in [5.74, 6) is 0.360. The van der Waals surface area contributed by atoms with Crippen molar-refractivity contribution >= 4 is 41.5 Å². The second kappa shape index (κ2) is 10.3. The van der Waals surface area contributed by atoms with Gasteiger partial charge in [-0.25, -0.2) is 4.39 Å². The van der Waals surface area contributed by atoms with Crippen LogP contribution in [0.1, 0.15) is 26.3 Å². The highest BCUT2D eigenvalue weighted by atomic mass is 127. The van der Waals surface area contributed by atoms with Gasteiger partial charge in [0.25, 0.3) is 0 Å². The van der Waals surface area contributed by atoms with Crippen LogP contribution in [0.25, 0.3) is 0 Å². The van der Waals surface area contributed by atoms with E-state index < -0.39 is 0 Å². The number of ether oxygens (including phenoxy) is 1. The van der Waals surface area contributed by atoms with E-state index in [-0.39, 0.29) is 41.3 Å². The summed E-state index contributed by atoms with van der Waals surface area (Å²) in [6.45, 7) is 7.31. The molecule has 1 unspecified atom stereocenters. The molecule has 0 fully saturated rings. The zero-order valence-electron chi connectivity index (χ0n) is 14.2. The summed E-state index contributed by atoms with van der Waals surface area (Å²) in [5.41, 5.74) is 0.621. The molecule has 2 N–H and O–H groups in total. The van der Waals surface area contributed by atoms with Gasteiger partial charge in [-0.05, 0) is 24.6 Å². The lowest BCUT2D eigenvalue weighted by Crippen LogP contribution is -2.47. The molecule has 0 aromatic heterocycles. The summed E-state index contributed by atoms with van der Waals surface area (Å²) >= 11 is 6.16. The number of aliphatic imine (C=N–C) groups is 1. The molecule has 7 heteroatoms. The van der Waals surface area contributed by atoms with Crippen LogP contribution in [0.15, 0.2) is 23.2 Å². The van der Waals surface area contributed by atoms with E-state index in [0.29, 0.717) is 24.1 Å². The van der Waals surface area contributed by atoms with Gasteiger partial charge in [-0.15, -0.1) is 24.0 Å². The smallest absolute Gasteiger partial charge is 0.191 e. The first-order valence-corrected chi connectivity index (χ1v) is 7.59. The van der Waals surface area contributed by atoms with E-state index >= 15 is 0 Å². The highest BCUT2D eigenvalue weighted by Crippen LogP contribution is 2.29. The Morgan fingerprint density at radius 2 is 2.09 bits per heavy atom. The van der Waals surface area contributed by atoms with E-state index in [1.54, 1.807) is 20.2 Å². The Balaban J connectivity index is 0.00000484. The Kier molecular flexibility index (Phi) is 10.0. The van der Waals surface area contributed by atoms with E-state index in [2.05, 4.69) is 15.6 Å². The SMILES string of the molecule is CN=C(NCC(C)(C)c1ccc(F)cc1Cl)NC(C)COC.I. The second-order valence-corrected chi connectivity index (χ2v) is 6.34. The van der Waals surface area contributed by atoms with E-state index in [1.165, 1.54) is 12.1 Å². The van der Waals surface area contributed by atoms with Crippen LogP contribution in [0.3, 0.4) is 0 Å². The minimum atomic E-state index is -0.330. The lowest BCUT2D eigenvalue weighted by molar-refractivity contribution is 0.179. The van der Waals surface area contributed by atoms with Crippen LogP contribution < -0.4 is 10.6 Å². The van der Waals surface area contributed by atoms with Crippen molar-refractivity contribution in [2.24, 2.45) is 4.99 Å². The number of hydrogen-bond donors (Lipinski definition) is 2. The summed E-state index contributed by atoms with van der Waals surface area (Å²) in [6, 6.07) is 4.64. The summed E-state index contributed by atoms with van der Waals surface area (Å²) in [4.78, 5) is 4.19. The van der Waals surface area contributed by atoms with Gasteiger partial charge < -0.3 is 15.4 Å². The first-order chi connectivity index (χ1) is 10.3. The Hall–Kier alpha value is -0.600. The first-order valence-electron chi connectivity index (χ1n) is 7.22. The maximum absolute atomic E-state index is 13.2. The molecule has 0 bridgehead atoms. The third-order valence-electron chi connectivity index (χ3n) is 3.38. The molecule has 0 aliphatic carbocycles. The van der Waals surface area contributed by atoms with Crippen LogP contribution in [0.4, 0.5) is 4.39 Å². The quantitative estimate of drug-likeness (QED) is 0.390. The van der Waals surface area contributed by atoms with Crippen LogP contribution in [0, 0.1) is 5.82 Å². The molecule has 132 valence electrons. The van der Waals surface area contributed by atoms with E-state index in [9.17, 15) is 4.39 Å². The monoisotopic (exact) mass is 457 g/mol. The van der Waals surface area contributed by atoms with Gasteiger partial charge in [0.2, 0.25) is 0 Å². The zero-order valence-corrected chi connectivity index (χ0v) is 17.3. The van der Waals surface area contributed by atoms with Crippen LogP contribution >= 0.6 is 35.6 Å². The third kappa shape index (κ3) is 7.22. The molecule has 0 saturated carbocycles. The lowest BCUT2D eigenvalue weighted by atomic mass is 9.84.